The van der Waals surface area contributed by atoms with E-state index in [2.05, 4.69) is 56.4 Å². The Morgan fingerprint density at radius 1 is 1.15 bits per heavy atom. The Hall–Kier alpha value is -1.54. The van der Waals surface area contributed by atoms with Crippen molar-refractivity contribution in [3.8, 4) is 0 Å². The fourth-order valence-corrected chi connectivity index (χ4v) is 2.62. The molecule has 1 aromatic carbocycles. The number of rotatable bonds is 7. The van der Waals surface area contributed by atoms with E-state index >= 15 is 0 Å². The minimum Gasteiger partial charge on any atom is -0.469 e. The first-order valence-electron chi connectivity index (χ1n) is 7.60. The van der Waals surface area contributed by atoms with E-state index in [9.17, 15) is 0 Å². The van der Waals surface area contributed by atoms with Gasteiger partial charge < -0.3 is 9.73 Å². The Bertz CT molecular complexity index is 530. The van der Waals surface area contributed by atoms with Gasteiger partial charge in [0.1, 0.15) is 5.76 Å². The summed E-state index contributed by atoms with van der Waals surface area (Å²) >= 11 is 0. The molecule has 0 saturated heterocycles. The molecule has 0 aliphatic heterocycles. The third-order valence-corrected chi connectivity index (χ3v) is 3.80. The lowest BCUT2D eigenvalue weighted by Crippen LogP contribution is -2.24. The summed E-state index contributed by atoms with van der Waals surface area (Å²) in [7, 11) is 0. The van der Waals surface area contributed by atoms with Crippen LogP contribution in [-0.2, 0) is 12.8 Å². The second kappa shape index (κ2) is 7.30. The molecule has 0 amide bonds. The first kappa shape index (κ1) is 14.9. The van der Waals surface area contributed by atoms with Gasteiger partial charge in [-0.15, -0.1) is 0 Å². The summed E-state index contributed by atoms with van der Waals surface area (Å²) in [6, 6.07) is 11.1. The predicted molar refractivity (Wildman–Crippen MR) is 84.0 cm³/mol. The lowest BCUT2D eigenvalue weighted by Gasteiger charge is -2.20. The summed E-state index contributed by atoms with van der Waals surface area (Å²) in [6.07, 6.45) is 4.91. The standard InChI is InChI=1S/C18H25NO/c1-4-11-19-17(16-10-12-20-18(16)5-2)13-15-9-7-6-8-14(15)3/h6-10,12,17,19H,4-5,11,13H2,1-3H3. The van der Waals surface area contributed by atoms with Crippen LogP contribution in [0.25, 0.3) is 0 Å². The molecule has 1 heterocycles. The molecule has 2 nitrogen and oxygen atoms in total. The van der Waals surface area contributed by atoms with Gasteiger partial charge in [-0.25, -0.2) is 0 Å². The summed E-state index contributed by atoms with van der Waals surface area (Å²) in [4.78, 5) is 0. The van der Waals surface area contributed by atoms with Crippen molar-refractivity contribution < 1.29 is 4.42 Å². The van der Waals surface area contributed by atoms with Crippen molar-refractivity contribution in [1.82, 2.24) is 5.32 Å². The van der Waals surface area contributed by atoms with Crippen LogP contribution in [0.1, 0.15) is 48.8 Å². The number of hydrogen-bond acceptors (Lipinski definition) is 2. The molecule has 20 heavy (non-hydrogen) atoms. The van der Waals surface area contributed by atoms with Gasteiger partial charge in [0.2, 0.25) is 0 Å². The molecule has 2 rings (SSSR count). The van der Waals surface area contributed by atoms with Crippen molar-refractivity contribution in [2.24, 2.45) is 0 Å². The van der Waals surface area contributed by atoms with Crippen LogP contribution in [0.3, 0.4) is 0 Å². The van der Waals surface area contributed by atoms with E-state index < -0.39 is 0 Å². The third kappa shape index (κ3) is 3.51. The molecule has 1 unspecified atom stereocenters. The van der Waals surface area contributed by atoms with E-state index in [-0.39, 0.29) is 0 Å². The van der Waals surface area contributed by atoms with Crippen LogP contribution in [0.4, 0.5) is 0 Å². The van der Waals surface area contributed by atoms with Crippen molar-refractivity contribution in [2.75, 3.05) is 6.54 Å². The molecule has 108 valence electrons. The highest BCUT2D eigenvalue weighted by Crippen LogP contribution is 2.25. The quantitative estimate of drug-likeness (QED) is 0.805. The maximum Gasteiger partial charge on any atom is 0.108 e. The number of benzene rings is 1. The lowest BCUT2D eigenvalue weighted by atomic mass is 9.95. The normalized spacial score (nSPS) is 12.6. The molecule has 1 atom stereocenters. The Morgan fingerprint density at radius 2 is 1.95 bits per heavy atom. The van der Waals surface area contributed by atoms with Crippen molar-refractivity contribution in [2.45, 2.75) is 46.1 Å². The average molecular weight is 271 g/mol. The molecule has 0 spiro atoms. The Balaban J connectivity index is 2.22. The van der Waals surface area contributed by atoms with E-state index in [1.165, 1.54) is 16.7 Å². The molecule has 0 saturated carbocycles. The molecule has 0 aliphatic carbocycles. The highest BCUT2D eigenvalue weighted by Gasteiger charge is 2.17. The van der Waals surface area contributed by atoms with Crippen LogP contribution in [-0.4, -0.2) is 6.54 Å². The zero-order chi connectivity index (χ0) is 14.4. The van der Waals surface area contributed by atoms with Crippen molar-refractivity contribution in [1.29, 1.82) is 0 Å². The fraction of sp³-hybridized carbons (Fsp3) is 0.444. The number of aryl methyl sites for hydroxylation is 2. The molecule has 2 heteroatoms. The number of furan rings is 1. The summed E-state index contributed by atoms with van der Waals surface area (Å²) in [5.41, 5.74) is 4.07. The predicted octanol–water partition coefficient (Wildman–Crippen LogP) is 4.43. The first-order chi connectivity index (χ1) is 9.76. The maximum absolute atomic E-state index is 5.60. The minimum atomic E-state index is 0.338. The summed E-state index contributed by atoms with van der Waals surface area (Å²) in [5, 5.41) is 3.66. The van der Waals surface area contributed by atoms with E-state index in [1.54, 1.807) is 0 Å². The molecule has 0 bridgehead atoms. The smallest absolute Gasteiger partial charge is 0.108 e. The highest BCUT2D eigenvalue weighted by atomic mass is 16.3. The Kier molecular flexibility index (Phi) is 5.42. The van der Waals surface area contributed by atoms with Gasteiger partial charge in [0.05, 0.1) is 6.26 Å². The van der Waals surface area contributed by atoms with Gasteiger partial charge in [0.15, 0.2) is 0 Å². The zero-order valence-corrected chi connectivity index (χ0v) is 12.8. The minimum absolute atomic E-state index is 0.338. The van der Waals surface area contributed by atoms with E-state index in [4.69, 9.17) is 4.42 Å². The van der Waals surface area contributed by atoms with E-state index in [0.717, 1.165) is 31.6 Å². The topological polar surface area (TPSA) is 25.2 Å². The Labute approximate surface area is 122 Å². The summed E-state index contributed by atoms with van der Waals surface area (Å²) < 4.78 is 5.60. The fourth-order valence-electron chi connectivity index (χ4n) is 2.62. The van der Waals surface area contributed by atoms with Crippen LogP contribution in [0, 0.1) is 6.92 Å². The van der Waals surface area contributed by atoms with Gasteiger partial charge in [-0.3, -0.25) is 0 Å². The SMILES string of the molecule is CCCNC(Cc1ccccc1C)c1ccoc1CC. The molecule has 1 aromatic heterocycles. The van der Waals surface area contributed by atoms with Gasteiger partial charge in [-0.2, -0.15) is 0 Å². The van der Waals surface area contributed by atoms with E-state index in [0.29, 0.717) is 6.04 Å². The molecular formula is C18H25NO. The first-order valence-corrected chi connectivity index (χ1v) is 7.60. The highest BCUT2D eigenvalue weighted by molar-refractivity contribution is 5.30. The second-order valence-electron chi connectivity index (χ2n) is 5.29. The van der Waals surface area contributed by atoms with Gasteiger partial charge in [-0.05, 0) is 43.5 Å². The summed E-state index contributed by atoms with van der Waals surface area (Å²) in [5.74, 6) is 1.10. The summed E-state index contributed by atoms with van der Waals surface area (Å²) in [6.45, 7) is 7.56. The van der Waals surface area contributed by atoms with Crippen molar-refractivity contribution in [3.05, 3.63) is 59.0 Å². The average Bonchev–Trinajstić information content (AvgIpc) is 2.93. The largest absolute Gasteiger partial charge is 0.469 e. The van der Waals surface area contributed by atoms with Crippen LogP contribution in [0.5, 0.6) is 0 Å². The van der Waals surface area contributed by atoms with Crippen LogP contribution >= 0.6 is 0 Å². The lowest BCUT2D eigenvalue weighted by molar-refractivity contribution is 0.481. The molecule has 0 radical (unpaired) electrons. The molecule has 0 fully saturated rings. The van der Waals surface area contributed by atoms with Crippen molar-refractivity contribution >= 4 is 0 Å². The molecule has 2 aromatic rings. The van der Waals surface area contributed by atoms with Crippen LogP contribution in [0.2, 0.25) is 0 Å². The molecule has 0 aliphatic rings. The van der Waals surface area contributed by atoms with Crippen molar-refractivity contribution in [3.63, 3.8) is 0 Å². The van der Waals surface area contributed by atoms with Crippen LogP contribution < -0.4 is 5.32 Å². The van der Waals surface area contributed by atoms with Crippen LogP contribution in [0.15, 0.2) is 41.0 Å². The third-order valence-electron chi connectivity index (χ3n) is 3.80. The van der Waals surface area contributed by atoms with Gasteiger partial charge >= 0.3 is 0 Å². The zero-order valence-electron chi connectivity index (χ0n) is 12.8. The van der Waals surface area contributed by atoms with Gasteiger partial charge in [0, 0.05) is 18.0 Å². The maximum atomic E-state index is 5.60. The molecular weight excluding hydrogens is 246 g/mol. The van der Waals surface area contributed by atoms with E-state index in [1.807, 2.05) is 6.26 Å². The van der Waals surface area contributed by atoms with Gasteiger partial charge in [0.25, 0.3) is 0 Å². The Morgan fingerprint density at radius 3 is 2.65 bits per heavy atom. The monoisotopic (exact) mass is 271 g/mol. The number of nitrogens with one attached hydrogen (secondary N) is 1. The number of hydrogen-bond donors (Lipinski definition) is 1. The molecule has 1 N–H and O–H groups in total. The second-order valence-corrected chi connectivity index (χ2v) is 5.29. The van der Waals surface area contributed by atoms with Gasteiger partial charge in [-0.1, -0.05) is 38.1 Å².